The molecule has 0 saturated carbocycles. The van der Waals surface area contributed by atoms with Crippen LogP contribution in [0.1, 0.15) is 38.3 Å². The molecule has 3 atom stereocenters. The third-order valence-corrected chi connectivity index (χ3v) is 4.20. The molecule has 4 heteroatoms. The molecule has 1 aliphatic rings. The molecule has 0 aromatic heterocycles. The first kappa shape index (κ1) is 14.5. The van der Waals surface area contributed by atoms with Gasteiger partial charge >= 0.3 is 0 Å². The maximum Gasteiger partial charge on any atom is 0.223 e. The molecule has 1 amide bonds. The number of hydrogen-bond acceptors (Lipinski definition) is 2. The lowest BCUT2D eigenvalue weighted by molar-refractivity contribution is -0.126. The molecule has 1 heterocycles. The highest BCUT2D eigenvalue weighted by molar-refractivity contribution is 9.10. The number of benzene rings is 1. The molecule has 1 aromatic carbocycles. The second-order valence-electron chi connectivity index (χ2n) is 5.36. The molecular weight excluding hydrogens is 304 g/mol. The van der Waals surface area contributed by atoms with Gasteiger partial charge in [0, 0.05) is 16.4 Å². The minimum absolute atomic E-state index is 0.0511. The third kappa shape index (κ3) is 4.05. The van der Waals surface area contributed by atoms with E-state index in [0.29, 0.717) is 6.04 Å². The van der Waals surface area contributed by atoms with Gasteiger partial charge in [-0.05, 0) is 50.9 Å². The van der Waals surface area contributed by atoms with Gasteiger partial charge in [0.15, 0.2) is 0 Å². The number of nitrogens with one attached hydrogen (secondary N) is 2. The number of rotatable bonds is 3. The Labute approximate surface area is 123 Å². The minimum atomic E-state index is 0.0511. The van der Waals surface area contributed by atoms with Gasteiger partial charge in [-0.15, -0.1) is 0 Å². The van der Waals surface area contributed by atoms with Crippen LogP contribution < -0.4 is 10.6 Å². The molecule has 2 rings (SSSR count). The summed E-state index contributed by atoms with van der Waals surface area (Å²) in [6.45, 7) is 5.10. The van der Waals surface area contributed by atoms with E-state index in [-0.39, 0.29) is 17.9 Å². The lowest BCUT2D eigenvalue weighted by atomic mass is 9.92. The third-order valence-electron chi connectivity index (χ3n) is 3.70. The molecule has 19 heavy (non-hydrogen) atoms. The lowest BCUT2D eigenvalue weighted by Gasteiger charge is -2.28. The minimum Gasteiger partial charge on any atom is -0.349 e. The van der Waals surface area contributed by atoms with Crippen molar-refractivity contribution in [1.29, 1.82) is 0 Å². The number of piperidine rings is 1. The van der Waals surface area contributed by atoms with E-state index in [1.54, 1.807) is 0 Å². The molecule has 0 bridgehead atoms. The fourth-order valence-electron chi connectivity index (χ4n) is 2.56. The maximum atomic E-state index is 12.3. The first-order valence-corrected chi connectivity index (χ1v) is 7.65. The predicted molar refractivity (Wildman–Crippen MR) is 80.9 cm³/mol. The summed E-state index contributed by atoms with van der Waals surface area (Å²) in [6.07, 6.45) is 1.86. The Morgan fingerprint density at radius 1 is 1.53 bits per heavy atom. The van der Waals surface area contributed by atoms with Crippen LogP contribution in [0.4, 0.5) is 0 Å². The van der Waals surface area contributed by atoms with Crippen LogP contribution >= 0.6 is 15.9 Å². The van der Waals surface area contributed by atoms with E-state index < -0.39 is 0 Å². The van der Waals surface area contributed by atoms with E-state index >= 15 is 0 Å². The zero-order valence-electron chi connectivity index (χ0n) is 11.4. The summed E-state index contributed by atoms with van der Waals surface area (Å²) in [6, 6.07) is 8.57. The first-order chi connectivity index (χ1) is 9.06. The highest BCUT2D eigenvalue weighted by Crippen LogP contribution is 2.20. The molecule has 0 spiro atoms. The summed E-state index contributed by atoms with van der Waals surface area (Å²) in [5, 5.41) is 6.50. The van der Waals surface area contributed by atoms with Gasteiger partial charge < -0.3 is 10.6 Å². The Balaban J connectivity index is 1.94. The van der Waals surface area contributed by atoms with Crippen LogP contribution in [0.25, 0.3) is 0 Å². The molecule has 2 N–H and O–H groups in total. The topological polar surface area (TPSA) is 41.1 Å². The SMILES string of the molecule is CC1CC(C(=O)N[C@H](C)c2cccc(Br)c2)CCN1. The molecule has 0 aliphatic carbocycles. The van der Waals surface area contributed by atoms with Crippen molar-refractivity contribution in [2.24, 2.45) is 5.92 Å². The fraction of sp³-hybridized carbons (Fsp3) is 0.533. The van der Waals surface area contributed by atoms with Gasteiger partial charge in [-0.25, -0.2) is 0 Å². The maximum absolute atomic E-state index is 12.3. The van der Waals surface area contributed by atoms with Gasteiger partial charge in [0.1, 0.15) is 0 Å². The van der Waals surface area contributed by atoms with Gasteiger partial charge in [-0.2, -0.15) is 0 Å². The van der Waals surface area contributed by atoms with Crippen molar-refractivity contribution >= 4 is 21.8 Å². The van der Waals surface area contributed by atoms with E-state index in [2.05, 4.69) is 39.6 Å². The Bertz CT molecular complexity index is 450. The smallest absolute Gasteiger partial charge is 0.223 e. The van der Waals surface area contributed by atoms with Crippen LogP contribution in [-0.2, 0) is 4.79 Å². The van der Waals surface area contributed by atoms with Crippen molar-refractivity contribution < 1.29 is 4.79 Å². The second-order valence-corrected chi connectivity index (χ2v) is 6.28. The number of carbonyl (C=O) groups is 1. The Hall–Kier alpha value is -0.870. The molecule has 2 unspecified atom stereocenters. The van der Waals surface area contributed by atoms with Gasteiger partial charge in [0.05, 0.1) is 6.04 Å². The summed E-state index contributed by atoms with van der Waals surface area (Å²) < 4.78 is 1.04. The number of amides is 1. The molecule has 1 saturated heterocycles. The molecule has 1 aliphatic heterocycles. The summed E-state index contributed by atoms with van der Waals surface area (Å²) in [7, 11) is 0. The normalized spacial score (nSPS) is 24.8. The van der Waals surface area contributed by atoms with Crippen molar-refractivity contribution in [3.05, 3.63) is 34.3 Å². The second kappa shape index (κ2) is 6.53. The average molecular weight is 325 g/mol. The molecular formula is C15H21BrN2O. The van der Waals surface area contributed by atoms with E-state index in [4.69, 9.17) is 0 Å². The van der Waals surface area contributed by atoms with Gasteiger partial charge in [0.25, 0.3) is 0 Å². The average Bonchev–Trinajstić information content (AvgIpc) is 2.38. The standard InChI is InChI=1S/C15H21BrN2O/c1-10-8-13(6-7-17-10)15(19)18-11(2)12-4-3-5-14(16)9-12/h3-5,9-11,13,17H,6-8H2,1-2H3,(H,18,19)/t10?,11-,13?/m1/s1. The van der Waals surface area contributed by atoms with Gasteiger partial charge in [0.2, 0.25) is 5.91 Å². The van der Waals surface area contributed by atoms with Gasteiger partial charge in [-0.1, -0.05) is 28.1 Å². The molecule has 1 fully saturated rings. The number of halogens is 1. The molecule has 0 radical (unpaired) electrons. The monoisotopic (exact) mass is 324 g/mol. The highest BCUT2D eigenvalue weighted by atomic mass is 79.9. The zero-order valence-corrected chi connectivity index (χ0v) is 13.0. The largest absolute Gasteiger partial charge is 0.349 e. The van der Waals surface area contributed by atoms with E-state index in [1.807, 2.05) is 25.1 Å². The Morgan fingerprint density at radius 3 is 3.00 bits per heavy atom. The summed E-state index contributed by atoms with van der Waals surface area (Å²) in [5.74, 6) is 0.326. The number of carbonyl (C=O) groups excluding carboxylic acids is 1. The highest BCUT2D eigenvalue weighted by Gasteiger charge is 2.25. The summed E-state index contributed by atoms with van der Waals surface area (Å²) >= 11 is 3.46. The zero-order chi connectivity index (χ0) is 13.8. The summed E-state index contributed by atoms with van der Waals surface area (Å²) in [5.41, 5.74) is 1.13. The molecule has 1 aromatic rings. The van der Waals surface area contributed by atoms with Gasteiger partial charge in [-0.3, -0.25) is 4.79 Å². The van der Waals surface area contributed by atoms with Crippen LogP contribution in [0.2, 0.25) is 0 Å². The fourth-order valence-corrected chi connectivity index (χ4v) is 2.98. The Morgan fingerprint density at radius 2 is 2.32 bits per heavy atom. The molecule has 3 nitrogen and oxygen atoms in total. The predicted octanol–water partition coefficient (Wildman–Crippen LogP) is 3.01. The van der Waals surface area contributed by atoms with Crippen molar-refractivity contribution in [2.45, 2.75) is 38.8 Å². The van der Waals surface area contributed by atoms with Crippen molar-refractivity contribution in [1.82, 2.24) is 10.6 Å². The van der Waals surface area contributed by atoms with Crippen LogP contribution in [-0.4, -0.2) is 18.5 Å². The van der Waals surface area contributed by atoms with E-state index in [9.17, 15) is 4.79 Å². The van der Waals surface area contributed by atoms with Crippen molar-refractivity contribution in [3.63, 3.8) is 0 Å². The van der Waals surface area contributed by atoms with E-state index in [1.165, 1.54) is 0 Å². The van der Waals surface area contributed by atoms with Crippen molar-refractivity contribution in [2.75, 3.05) is 6.54 Å². The van der Waals surface area contributed by atoms with Crippen LogP contribution in [0.3, 0.4) is 0 Å². The van der Waals surface area contributed by atoms with E-state index in [0.717, 1.165) is 29.4 Å². The summed E-state index contributed by atoms with van der Waals surface area (Å²) in [4.78, 5) is 12.3. The van der Waals surface area contributed by atoms with Crippen LogP contribution in [0.15, 0.2) is 28.7 Å². The Kier molecular flexibility index (Phi) is 4.99. The first-order valence-electron chi connectivity index (χ1n) is 6.85. The van der Waals surface area contributed by atoms with Crippen LogP contribution in [0.5, 0.6) is 0 Å². The quantitative estimate of drug-likeness (QED) is 0.897. The molecule has 104 valence electrons. The van der Waals surface area contributed by atoms with Crippen molar-refractivity contribution in [3.8, 4) is 0 Å². The van der Waals surface area contributed by atoms with Crippen LogP contribution in [0, 0.1) is 5.92 Å². The lowest BCUT2D eigenvalue weighted by Crippen LogP contribution is -2.42. The number of hydrogen-bond donors (Lipinski definition) is 2.